The van der Waals surface area contributed by atoms with Gasteiger partial charge in [0.2, 0.25) is 0 Å². The Kier molecular flexibility index (Phi) is 4.33. The molecular formula is C15H22N2S. The van der Waals surface area contributed by atoms with Crippen molar-refractivity contribution in [3.63, 3.8) is 0 Å². The predicted octanol–water partition coefficient (Wildman–Crippen LogP) is 4.30. The Morgan fingerprint density at radius 2 is 1.94 bits per heavy atom. The van der Waals surface area contributed by atoms with Crippen molar-refractivity contribution in [1.29, 1.82) is 0 Å². The summed E-state index contributed by atoms with van der Waals surface area (Å²) in [4.78, 5) is 4.60. The summed E-state index contributed by atoms with van der Waals surface area (Å²) in [5.41, 5.74) is 5.15. The first-order valence-corrected chi connectivity index (χ1v) is 7.54. The topological polar surface area (TPSA) is 24.4 Å². The number of thioether (sulfide) groups is 1. The second-order valence-corrected chi connectivity index (χ2v) is 6.36. The molecule has 0 aliphatic carbocycles. The molecule has 0 bridgehead atoms. The lowest BCUT2D eigenvalue weighted by molar-refractivity contribution is 0.754. The predicted molar refractivity (Wildman–Crippen MR) is 82.9 cm³/mol. The van der Waals surface area contributed by atoms with Crippen molar-refractivity contribution < 1.29 is 0 Å². The standard InChI is InChI=1S/C15H22N2S/c1-5-6-13-9-16-15(18-13)17-14-11(3)7-10(2)8-12(14)4/h7-8,13H,5-6,9H2,1-4H3,(H,16,17). The molecule has 2 nitrogen and oxygen atoms in total. The van der Waals surface area contributed by atoms with E-state index in [0.717, 1.165) is 11.7 Å². The maximum absolute atomic E-state index is 4.60. The summed E-state index contributed by atoms with van der Waals surface area (Å²) < 4.78 is 0. The van der Waals surface area contributed by atoms with Crippen molar-refractivity contribution in [2.75, 3.05) is 11.9 Å². The highest BCUT2D eigenvalue weighted by molar-refractivity contribution is 8.15. The van der Waals surface area contributed by atoms with E-state index < -0.39 is 0 Å². The molecule has 1 aliphatic heterocycles. The molecule has 3 heteroatoms. The van der Waals surface area contributed by atoms with E-state index in [4.69, 9.17) is 0 Å². The number of nitrogens with zero attached hydrogens (tertiary/aromatic N) is 1. The van der Waals surface area contributed by atoms with Crippen molar-refractivity contribution in [2.45, 2.75) is 45.8 Å². The number of hydrogen-bond acceptors (Lipinski definition) is 3. The highest BCUT2D eigenvalue weighted by Crippen LogP contribution is 2.28. The van der Waals surface area contributed by atoms with Crippen LogP contribution < -0.4 is 5.32 Å². The van der Waals surface area contributed by atoms with Crippen molar-refractivity contribution in [1.82, 2.24) is 0 Å². The largest absolute Gasteiger partial charge is 0.335 e. The molecule has 1 aromatic rings. The third kappa shape index (κ3) is 3.08. The van der Waals surface area contributed by atoms with Crippen LogP contribution in [0.15, 0.2) is 17.1 Å². The van der Waals surface area contributed by atoms with Crippen molar-refractivity contribution in [3.05, 3.63) is 28.8 Å². The minimum absolute atomic E-state index is 0.670. The van der Waals surface area contributed by atoms with Gasteiger partial charge in [0, 0.05) is 10.9 Å². The Morgan fingerprint density at radius 3 is 2.56 bits per heavy atom. The molecule has 0 radical (unpaired) electrons. The fraction of sp³-hybridized carbons (Fsp3) is 0.533. The Hall–Kier alpha value is -0.960. The molecular weight excluding hydrogens is 240 g/mol. The summed E-state index contributed by atoms with van der Waals surface area (Å²) in [7, 11) is 0. The van der Waals surface area contributed by atoms with E-state index in [0.29, 0.717) is 5.25 Å². The smallest absolute Gasteiger partial charge is 0.161 e. The number of amidine groups is 1. The first-order valence-electron chi connectivity index (χ1n) is 6.66. The Balaban J connectivity index is 2.07. The van der Waals surface area contributed by atoms with E-state index >= 15 is 0 Å². The molecule has 18 heavy (non-hydrogen) atoms. The third-order valence-electron chi connectivity index (χ3n) is 3.24. The van der Waals surface area contributed by atoms with Gasteiger partial charge in [-0.25, -0.2) is 0 Å². The summed E-state index contributed by atoms with van der Waals surface area (Å²) in [6.07, 6.45) is 2.49. The first-order chi connectivity index (χ1) is 8.60. The molecule has 0 aromatic heterocycles. The van der Waals surface area contributed by atoms with Gasteiger partial charge in [0.05, 0.1) is 6.54 Å². The second kappa shape index (κ2) is 5.79. The molecule has 1 unspecified atom stereocenters. The minimum atomic E-state index is 0.670. The lowest BCUT2D eigenvalue weighted by Crippen LogP contribution is -2.09. The van der Waals surface area contributed by atoms with E-state index in [1.807, 2.05) is 11.8 Å². The fourth-order valence-corrected chi connectivity index (χ4v) is 3.57. The second-order valence-electron chi connectivity index (χ2n) is 5.07. The quantitative estimate of drug-likeness (QED) is 0.878. The Bertz CT molecular complexity index is 443. The third-order valence-corrected chi connectivity index (χ3v) is 4.41. The molecule has 1 aliphatic rings. The van der Waals surface area contributed by atoms with Gasteiger partial charge in [-0.05, 0) is 38.3 Å². The number of benzene rings is 1. The molecule has 0 fully saturated rings. The van der Waals surface area contributed by atoms with E-state index in [2.05, 4.69) is 50.1 Å². The molecule has 0 saturated heterocycles. The van der Waals surface area contributed by atoms with Crippen LogP contribution in [0.4, 0.5) is 5.69 Å². The van der Waals surface area contributed by atoms with E-state index in [-0.39, 0.29) is 0 Å². The molecule has 1 aromatic carbocycles. The van der Waals surface area contributed by atoms with Crippen molar-refractivity contribution >= 4 is 22.6 Å². The zero-order valence-electron chi connectivity index (χ0n) is 11.7. The molecule has 1 N–H and O–H groups in total. The van der Waals surface area contributed by atoms with Crippen molar-refractivity contribution in [2.24, 2.45) is 4.99 Å². The first kappa shape index (κ1) is 13.5. The van der Waals surface area contributed by atoms with Gasteiger partial charge in [-0.15, -0.1) is 0 Å². The molecule has 1 atom stereocenters. The fourth-order valence-electron chi connectivity index (χ4n) is 2.44. The molecule has 2 rings (SSSR count). The lowest BCUT2D eigenvalue weighted by atomic mass is 10.1. The van der Waals surface area contributed by atoms with E-state index in [1.54, 1.807) is 0 Å². The van der Waals surface area contributed by atoms with Crippen LogP contribution in [0.3, 0.4) is 0 Å². The van der Waals surface area contributed by atoms with Crippen LogP contribution in [-0.2, 0) is 0 Å². The van der Waals surface area contributed by atoms with Crippen LogP contribution >= 0.6 is 11.8 Å². The Labute approximate surface area is 114 Å². The summed E-state index contributed by atoms with van der Waals surface area (Å²) in [6.45, 7) is 9.66. The number of rotatable bonds is 3. The molecule has 0 spiro atoms. The van der Waals surface area contributed by atoms with Crippen LogP contribution in [0.25, 0.3) is 0 Å². The van der Waals surface area contributed by atoms with Crippen LogP contribution in [0, 0.1) is 20.8 Å². The van der Waals surface area contributed by atoms with Crippen LogP contribution in [-0.4, -0.2) is 17.0 Å². The summed E-state index contributed by atoms with van der Waals surface area (Å²) >= 11 is 1.89. The van der Waals surface area contributed by atoms with Crippen LogP contribution in [0.2, 0.25) is 0 Å². The van der Waals surface area contributed by atoms with Gasteiger partial charge in [-0.1, -0.05) is 42.8 Å². The van der Waals surface area contributed by atoms with E-state index in [9.17, 15) is 0 Å². The molecule has 98 valence electrons. The zero-order chi connectivity index (χ0) is 13.1. The maximum Gasteiger partial charge on any atom is 0.161 e. The minimum Gasteiger partial charge on any atom is -0.335 e. The monoisotopic (exact) mass is 262 g/mol. The van der Waals surface area contributed by atoms with Gasteiger partial charge in [0.25, 0.3) is 0 Å². The van der Waals surface area contributed by atoms with Gasteiger partial charge in [0.1, 0.15) is 0 Å². The number of anilines is 1. The lowest BCUT2D eigenvalue weighted by Gasteiger charge is -2.14. The molecule has 1 heterocycles. The van der Waals surface area contributed by atoms with Crippen LogP contribution in [0.1, 0.15) is 36.5 Å². The molecule has 0 amide bonds. The Morgan fingerprint density at radius 1 is 1.28 bits per heavy atom. The number of aryl methyl sites for hydroxylation is 3. The summed E-state index contributed by atoms with van der Waals surface area (Å²) in [5, 5.41) is 5.26. The highest BCUT2D eigenvalue weighted by atomic mass is 32.2. The average Bonchev–Trinajstić information content (AvgIpc) is 2.72. The van der Waals surface area contributed by atoms with Crippen molar-refractivity contribution in [3.8, 4) is 0 Å². The number of hydrogen-bond donors (Lipinski definition) is 1. The summed E-state index contributed by atoms with van der Waals surface area (Å²) in [5.74, 6) is 0. The van der Waals surface area contributed by atoms with Gasteiger partial charge in [-0.3, -0.25) is 4.99 Å². The normalized spacial score (nSPS) is 18.9. The number of nitrogens with one attached hydrogen (secondary N) is 1. The van der Waals surface area contributed by atoms with Gasteiger partial charge < -0.3 is 5.32 Å². The average molecular weight is 262 g/mol. The highest BCUT2D eigenvalue weighted by Gasteiger charge is 2.19. The van der Waals surface area contributed by atoms with E-state index in [1.165, 1.54) is 35.2 Å². The number of aliphatic imine (C=N–C) groups is 1. The van der Waals surface area contributed by atoms with Gasteiger partial charge in [-0.2, -0.15) is 0 Å². The maximum atomic E-state index is 4.60. The zero-order valence-corrected chi connectivity index (χ0v) is 12.5. The van der Waals surface area contributed by atoms with Gasteiger partial charge >= 0.3 is 0 Å². The molecule has 0 saturated carbocycles. The van der Waals surface area contributed by atoms with Crippen LogP contribution in [0.5, 0.6) is 0 Å². The summed E-state index contributed by atoms with van der Waals surface area (Å²) in [6, 6.07) is 4.44. The van der Waals surface area contributed by atoms with Gasteiger partial charge in [0.15, 0.2) is 5.17 Å². The SMILES string of the molecule is CCCC1CN=C(Nc2c(C)cc(C)cc2C)S1.